The molecule has 1 aromatic heterocycles. The van der Waals surface area contributed by atoms with Crippen LogP contribution in [0.4, 0.5) is 5.82 Å². The van der Waals surface area contributed by atoms with Gasteiger partial charge in [0.25, 0.3) is 5.91 Å². The fraction of sp³-hybridized carbons (Fsp3) is 0.333. The van der Waals surface area contributed by atoms with Crippen molar-refractivity contribution in [3.05, 3.63) is 40.5 Å². The number of anilines is 1. The van der Waals surface area contributed by atoms with Crippen LogP contribution in [0.2, 0.25) is 0 Å². The molecule has 2 rings (SSSR count). The molecule has 0 radical (unpaired) electrons. The van der Waals surface area contributed by atoms with E-state index >= 15 is 0 Å². The monoisotopic (exact) mass is 366 g/mol. The van der Waals surface area contributed by atoms with E-state index in [1.807, 2.05) is 43.3 Å². The molecule has 1 amide bonds. The van der Waals surface area contributed by atoms with Crippen LogP contribution in [0.3, 0.4) is 0 Å². The number of rotatable bonds is 6. The average Bonchev–Trinajstić information content (AvgIpc) is 2.85. The summed E-state index contributed by atoms with van der Waals surface area (Å²) < 4.78 is 6.51. The molecule has 0 aliphatic rings. The maximum absolute atomic E-state index is 12.1. The number of carbonyl (C=O) groups excluding carboxylic acids is 1. The van der Waals surface area contributed by atoms with Gasteiger partial charge in [0.1, 0.15) is 5.75 Å². The summed E-state index contributed by atoms with van der Waals surface area (Å²) in [5.41, 5.74) is 0.931. The molecule has 1 unspecified atom stereocenters. The van der Waals surface area contributed by atoms with Crippen LogP contribution < -0.4 is 10.1 Å². The van der Waals surface area contributed by atoms with Crippen molar-refractivity contribution in [2.45, 2.75) is 19.6 Å². The molecule has 1 heterocycles. The zero-order chi connectivity index (χ0) is 16.1. The molecule has 1 atom stereocenters. The van der Waals surface area contributed by atoms with E-state index < -0.39 is 6.10 Å². The van der Waals surface area contributed by atoms with Crippen molar-refractivity contribution in [3.63, 3.8) is 0 Å². The number of aromatic amines is 1. The van der Waals surface area contributed by atoms with Gasteiger partial charge in [-0.3, -0.25) is 9.89 Å². The molecular formula is C15H19BrN4O2. The van der Waals surface area contributed by atoms with Crippen LogP contribution in [0, 0.1) is 0 Å². The molecule has 6 nitrogen and oxygen atoms in total. The van der Waals surface area contributed by atoms with E-state index in [9.17, 15) is 4.79 Å². The number of H-pyrrole nitrogens is 1. The number of benzene rings is 1. The highest BCUT2D eigenvalue weighted by Gasteiger charge is 2.16. The van der Waals surface area contributed by atoms with Gasteiger partial charge in [0.2, 0.25) is 0 Å². The number of carbonyl (C=O) groups is 1. The smallest absolute Gasteiger partial charge is 0.266 e. The van der Waals surface area contributed by atoms with Gasteiger partial charge in [0, 0.05) is 17.1 Å². The number of nitrogens with one attached hydrogen (secondary N) is 2. The van der Waals surface area contributed by atoms with Gasteiger partial charge in [0.15, 0.2) is 11.9 Å². The third-order valence-corrected chi connectivity index (χ3v) is 3.34. The van der Waals surface area contributed by atoms with E-state index in [0.717, 1.165) is 16.7 Å². The first-order valence-corrected chi connectivity index (χ1v) is 7.65. The normalized spacial score (nSPS) is 12.2. The third kappa shape index (κ3) is 4.85. The van der Waals surface area contributed by atoms with Crippen LogP contribution >= 0.6 is 15.9 Å². The summed E-state index contributed by atoms with van der Waals surface area (Å²) in [7, 11) is 3.93. The predicted octanol–water partition coefficient (Wildman–Crippen LogP) is 2.64. The zero-order valence-electron chi connectivity index (χ0n) is 12.8. The van der Waals surface area contributed by atoms with Crippen molar-refractivity contribution in [2.75, 3.05) is 19.4 Å². The zero-order valence-corrected chi connectivity index (χ0v) is 14.3. The van der Waals surface area contributed by atoms with Gasteiger partial charge in [-0.1, -0.05) is 22.0 Å². The van der Waals surface area contributed by atoms with Crippen molar-refractivity contribution < 1.29 is 9.53 Å². The van der Waals surface area contributed by atoms with E-state index in [0.29, 0.717) is 11.6 Å². The predicted molar refractivity (Wildman–Crippen MR) is 88.8 cm³/mol. The summed E-state index contributed by atoms with van der Waals surface area (Å²) in [6.07, 6.45) is -0.622. The fourth-order valence-corrected chi connectivity index (χ4v) is 2.25. The van der Waals surface area contributed by atoms with E-state index in [-0.39, 0.29) is 5.91 Å². The molecule has 0 spiro atoms. The van der Waals surface area contributed by atoms with Gasteiger partial charge in [-0.15, -0.1) is 0 Å². The second kappa shape index (κ2) is 7.42. The van der Waals surface area contributed by atoms with Crippen LogP contribution in [0.15, 0.2) is 34.8 Å². The lowest BCUT2D eigenvalue weighted by Gasteiger charge is -2.13. The average molecular weight is 367 g/mol. The largest absolute Gasteiger partial charge is 0.481 e. The molecule has 0 saturated heterocycles. The second-order valence-corrected chi connectivity index (χ2v) is 6.14. The van der Waals surface area contributed by atoms with Gasteiger partial charge >= 0.3 is 0 Å². The molecule has 0 saturated carbocycles. The number of aromatic nitrogens is 2. The first kappa shape index (κ1) is 16.5. The van der Waals surface area contributed by atoms with Gasteiger partial charge in [-0.05, 0) is 39.2 Å². The number of nitrogens with zero attached hydrogens (tertiary/aromatic N) is 2. The lowest BCUT2D eigenvalue weighted by Crippen LogP contribution is -2.30. The Hall–Kier alpha value is -1.86. The Morgan fingerprint density at radius 2 is 2.23 bits per heavy atom. The Kier molecular flexibility index (Phi) is 5.57. The van der Waals surface area contributed by atoms with E-state index in [1.54, 1.807) is 13.0 Å². The molecule has 1 aromatic carbocycles. The third-order valence-electron chi connectivity index (χ3n) is 2.85. The van der Waals surface area contributed by atoms with E-state index in [1.165, 1.54) is 0 Å². The number of hydrogen-bond donors (Lipinski definition) is 2. The molecule has 0 fully saturated rings. The standard InChI is InChI=1S/C15H19BrN4O2/c1-10(22-13-6-4-5-11(16)7-13)15(21)17-14-8-12(18-19-14)9-20(2)3/h4-8,10H,9H2,1-3H3,(H2,17,18,19,21). The molecule has 0 aliphatic heterocycles. The van der Waals surface area contributed by atoms with E-state index in [4.69, 9.17) is 4.74 Å². The Balaban J connectivity index is 1.92. The molecule has 118 valence electrons. The highest BCUT2D eigenvalue weighted by Crippen LogP contribution is 2.19. The first-order valence-electron chi connectivity index (χ1n) is 6.86. The van der Waals surface area contributed by atoms with Crippen LogP contribution in [0.5, 0.6) is 5.75 Å². The summed E-state index contributed by atoms with van der Waals surface area (Å²) in [4.78, 5) is 14.1. The highest BCUT2D eigenvalue weighted by atomic mass is 79.9. The Bertz CT molecular complexity index is 642. The minimum atomic E-state index is -0.622. The molecular weight excluding hydrogens is 348 g/mol. The topological polar surface area (TPSA) is 70.2 Å². The lowest BCUT2D eigenvalue weighted by molar-refractivity contribution is -0.122. The molecule has 0 bridgehead atoms. The Morgan fingerprint density at radius 1 is 1.45 bits per heavy atom. The highest BCUT2D eigenvalue weighted by molar-refractivity contribution is 9.10. The van der Waals surface area contributed by atoms with Crippen molar-refractivity contribution in [1.82, 2.24) is 15.1 Å². The van der Waals surface area contributed by atoms with E-state index in [2.05, 4.69) is 31.4 Å². The maximum Gasteiger partial charge on any atom is 0.266 e. The number of ether oxygens (including phenoxy) is 1. The number of amides is 1. The van der Waals surface area contributed by atoms with Crippen molar-refractivity contribution in [3.8, 4) is 5.75 Å². The summed E-state index contributed by atoms with van der Waals surface area (Å²) in [6, 6.07) is 9.17. The van der Waals surface area contributed by atoms with Gasteiger partial charge in [-0.25, -0.2) is 0 Å². The summed E-state index contributed by atoms with van der Waals surface area (Å²) in [5.74, 6) is 0.877. The summed E-state index contributed by atoms with van der Waals surface area (Å²) >= 11 is 3.37. The minimum Gasteiger partial charge on any atom is -0.481 e. The summed E-state index contributed by atoms with van der Waals surface area (Å²) in [5, 5.41) is 9.68. The van der Waals surface area contributed by atoms with Gasteiger partial charge < -0.3 is 15.0 Å². The minimum absolute atomic E-state index is 0.247. The molecule has 7 heteroatoms. The lowest BCUT2D eigenvalue weighted by atomic mass is 10.3. The first-order chi connectivity index (χ1) is 10.4. The SMILES string of the molecule is CC(Oc1cccc(Br)c1)C(=O)Nc1cc(CN(C)C)[nH]n1. The quantitative estimate of drug-likeness (QED) is 0.824. The summed E-state index contributed by atoms with van der Waals surface area (Å²) in [6.45, 7) is 2.43. The molecule has 2 N–H and O–H groups in total. The Labute approximate surface area is 138 Å². The molecule has 0 aliphatic carbocycles. The van der Waals surface area contributed by atoms with Crippen LogP contribution in [0.25, 0.3) is 0 Å². The fourth-order valence-electron chi connectivity index (χ4n) is 1.87. The van der Waals surface area contributed by atoms with Crippen molar-refractivity contribution >= 4 is 27.7 Å². The number of halogens is 1. The van der Waals surface area contributed by atoms with Crippen LogP contribution in [0.1, 0.15) is 12.6 Å². The molecule has 22 heavy (non-hydrogen) atoms. The maximum atomic E-state index is 12.1. The molecule has 2 aromatic rings. The van der Waals surface area contributed by atoms with Gasteiger partial charge in [0.05, 0.1) is 5.69 Å². The van der Waals surface area contributed by atoms with Crippen LogP contribution in [-0.2, 0) is 11.3 Å². The van der Waals surface area contributed by atoms with Gasteiger partial charge in [-0.2, -0.15) is 5.10 Å². The number of hydrogen-bond acceptors (Lipinski definition) is 4. The van der Waals surface area contributed by atoms with Crippen LogP contribution in [-0.4, -0.2) is 41.2 Å². The van der Waals surface area contributed by atoms with Crippen molar-refractivity contribution in [1.29, 1.82) is 0 Å². The van der Waals surface area contributed by atoms with Crippen molar-refractivity contribution in [2.24, 2.45) is 0 Å². The Morgan fingerprint density at radius 3 is 2.91 bits per heavy atom. The second-order valence-electron chi connectivity index (χ2n) is 5.22.